The molecule has 4 atom stereocenters. The number of aliphatic hydroxyl groups excluding tert-OH is 3. The Morgan fingerprint density at radius 2 is 1.90 bits per heavy atom. The minimum Gasteiger partial charge on any atom is -0.396 e. The third kappa shape index (κ3) is 1.15. The van der Waals surface area contributed by atoms with Gasteiger partial charge in [0.05, 0.1) is 12.2 Å². The van der Waals surface area contributed by atoms with Crippen LogP contribution in [0.3, 0.4) is 0 Å². The van der Waals surface area contributed by atoms with Gasteiger partial charge in [0, 0.05) is 18.6 Å². The third-order valence-electron chi connectivity index (χ3n) is 2.08. The number of hydrogen-bond donors (Lipinski definition) is 4. The van der Waals surface area contributed by atoms with E-state index >= 15 is 0 Å². The molecule has 0 spiro atoms. The molecule has 0 bridgehead atoms. The van der Waals surface area contributed by atoms with Crippen molar-refractivity contribution in [2.45, 2.75) is 24.7 Å². The summed E-state index contributed by atoms with van der Waals surface area (Å²) < 4.78 is 0. The highest BCUT2D eigenvalue weighted by atomic mass is 16.3. The van der Waals surface area contributed by atoms with Crippen LogP contribution in [0, 0.1) is 5.92 Å². The van der Waals surface area contributed by atoms with E-state index in [1.54, 1.807) is 0 Å². The molecule has 1 rings (SSSR count). The van der Waals surface area contributed by atoms with Crippen molar-refractivity contribution in [2.75, 3.05) is 6.61 Å². The molecule has 0 radical (unpaired) electrons. The lowest BCUT2D eigenvalue weighted by Gasteiger charge is -2.13. The first-order valence-electron chi connectivity index (χ1n) is 3.39. The van der Waals surface area contributed by atoms with E-state index in [1.807, 2.05) is 0 Å². The van der Waals surface area contributed by atoms with E-state index in [-0.39, 0.29) is 18.6 Å². The fraction of sp³-hybridized carbons (Fsp3) is 1.00. The van der Waals surface area contributed by atoms with E-state index < -0.39 is 12.2 Å². The highest BCUT2D eigenvalue weighted by Crippen LogP contribution is 2.24. The van der Waals surface area contributed by atoms with Gasteiger partial charge in [0.15, 0.2) is 0 Å². The van der Waals surface area contributed by atoms with Crippen molar-refractivity contribution >= 4 is 0 Å². The van der Waals surface area contributed by atoms with Gasteiger partial charge in [0.2, 0.25) is 0 Å². The molecule has 0 unspecified atom stereocenters. The quantitative estimate of drug-likeness (QED) is 0.347. The molecule has 0 aliphatic heterocycles. The minimum absolute atomic E-state index is 0.105. The largest absolute Gasteiger partial charge is 0.396 e. The maximum Gasteiger partial charge on any atom is 0.0953 e. The Kier molecular flexibility index (Phi) is 2.25. The summed E-state index contributed by atoms with van der Waals surface area (Å²) in [5, 5.41) is 26.9. The van der Waals surface area contributed by atoms with Crippen molar-refractivity contribution in [1.82, 2.24) is 0 Å². The smallest absolute Gasteiger partial charge is 0.0953 e. The summed E-state index contributed by atoms with van der Waals surface area (Å²) in [5.41, 5.74) is 5.41. The van der Waals surface area contributed by atoms with Gasteiger partial charge in [-0.3, -0.25) is 0 Å². The monoisotopic (exact) mass is 147 g/mol. The van der Waals surface area contributed by atoms with Gasteiger partial charge in [-0.15, -0.1) is 0 Å². The summed E-state index contributed by atoms with van der Waals surface area (Å²) in [4.78, 5) is 0. The maximum atomic E-state index is 9.14. The highest BCUT2D eigenvalue weighted by molar-refractivity contribution is 4.92. The van der Waals surface area contributed by atoms with E-state index in [1.165, 1.54) is 0 Å². The van der Waals surface area contributed by atoms with Gasteiger partial charge in [-0.05, 0) is 6.42 Å². The van der Waals surface area contributed by atoms with Gasteiger partial charge in [-0.1, -0.05) is 0 Å². The summed E-state index contributed by atoms with van der Waals surface area (Å²) in [6.45, 7) is -0.105. The summed E-state index contributed by atoms with van der Waals surface area (Å²) >= 11 is 0. The second kappa shape index (κ2) is 2.84. The van der Waals surface area contributed by atoms with Gasteiger partial charge in [0.1, 0.15) is 0 Å². The van der Waals surface area contributed by atoms with Crippen LogP contribution < -0.4 is 5.73 Å². The van der Waals surface area contributed by atoms with E-state index in [9.17, 15) is 0 Å². The molecule has 1 aliphatic rings. The summed E-state index contributed by atoms with van der Waals surface area (Å²) in [6, 6.07) is -0.382. The Morgan fingerprint density at radius 1 is 1.30 bits per heavy atom. The standard InChI is InChI=1S/C6H13NO3/c7-4-1-3(2-8)5(9)6(4)10/h3-6,8-10H,1-2,7H2/t3-,4-,5-,6+/m0/s1. The number of hydrogen-bond acceptors (Lipinski definition) is 4. The molecule has 0 aromatic rings. The Labute approximate surface area is 59.3 Å². The average molecular weight is 147 g/mol. The predicted octanol–water partition coefficient (Wildman–Crippen LogP) is -1.95. The molecule has 1 saturated carbocycles. The van der Waals surface area contributed by atoms with Crippen molar-refractivity contribution in [3.05, 3.63) is 0 Å². The molecule has 10 heavy (non-hydrogen) atoms. The van der Waals surface area contributed by atoms with Crippen LogP contribution in [0.2, 0.25) is 0 Å². The van der Waals surface area contributed by atoms with Gasteiger partial charge < -0.3 is 21.1 Å². The predicted molar refractivity (Wildman–Crippen MR) is 35.2 cm³/mol. The normalized spacial score (nSPS) is 48.0. The summed E-state index contributed by atoms with van der Waals surface area (Å²) in [5.74, 6) is -0.245. The van der Waals surface area contributed by atoms with Crippen LogP contribution >= 0.6 is 0 Å². The highest BCUT2D eigenvalue weighted by Gasteiger charge is 2.38. The Bertz CT molecular complexity index is 120. The lowest BCUT2D eigenvalue weighted by Crippen LogP contribution is -2.35. The molecule has 60 valence electrons. The van der Waals surface area contributed by atoms with Crippen LogP contribution in [-0.2, 0) is 0 Å². The molecule has 1 aliphatic carbocycles. The molecular formula is C6H13NO3. The summed E-state index contributed by atoms with van der Waals surface area (Å²) in [6.07, 6.45) is -1.21. The second-order valence-corrected chi connectivity index (χ2v) is 2.82. The van der Waals surface area contributed by atoms with E-state index in [2.05, 4.69) is 0 Å². The molecular weight excluding hydrogens is 134 g/mol. The van der Waals surface area contributed by atoms with Crippen molar-refractivity contribution in [3.63, 3.8) is 0 Å². The average Bonchev–Trinajstić information content (AvgIpc) is 2.17. The first kappa shape index (κ1) is 7.94. The van der Waals surface area contributed by atoms with Crippen molar-refractivity contribution in [3.8, 4) is 0 Å². The zero-order chi connectivity index (χ0) is 7.72. The van der Waals surface area contributed by atoms with Crippen molar-refractivity contribution in [2.24, 2.45) is 11.7 Å². The summed E-state index contributed by atoms with van der Waals surface area (Å²) in [7, 11) is 0. The van der Waals surface area contributed by atoms with Crippen LogP contribution in [-0.4, -0.2) is 40.2 Å². The number of aliphatic hydroxyl groups is 3. The van der Waals surface area contributed by atoms with Gasteiger partial charge in [-0.2, -0.15) is 0 Å². The van der Waals surface area contributed by atoms with Crippen LogP contribution in [0.4, 0.5) is 0 Å². The topological polar surface area (TPSA) is 86.7 Å². The molecule has 4 nitrogen and oxygen atoms in total. The zero-order valence-electron chi connectivity index (χ0n) is 5.64. The van der Waals surface area contributed by atoms with Crippen LogP contribution in [0.15, 0.2) is 0 Å². The fourth-order valence-electron chi connectivity index (χ4n) is 1.34. The van der Waals surface area contributed by atoms with Crippen LogP contribution in [0.5, 0.6) is 0 Å². The molecule has 0 aromatic carbocycles. The van der Waals surface area contributed by atoms with Crippen molar-refractivity contribution < 1.29 is 15.3 Å². The number of nitrogens with two attached hydrogens (primary N) is 1. The van der Waals surface area contributed by atoms with Crippen LogP contribution in [0.1, 0.15) is 6.42 Å². The lowest BCUT2D eigenvalue weighted by atomic mass is 10.1. The van der Waals surface area contributed by atoms with Gasteiger partial charge in [0.25, 0.3) is 0 Å². The zero-order valence-corrected chi connectivity index (χ0v) is 5.64. The maximum absolute atomic E-state index is 9.14. The van der Waals surface area contributed by atoms with Crippen molar-refractivity contribution in [1.29, 1.82) is 0 Å². The third-order valence-corrected chi connectivity index (χ3v) is 2.08. The van der Waals surface area contributed by atoms with Crippen LogP contribution in [0.25, 0.3) is 0 Å². The molecule has 4 heteroatoms. The van der Waals surface area contributed by atoms with E-state index in [0.717, 1.165) is 0 Å². The Hall–Kier alpha value is -0.160. The Balaban J connectivity index is 2.53. The molecule has 0 saturated heterocycles. The lowest BCUT2D eigenvalue weighted by molar-refractivity contribution is 0.00300. The fourth-order valence-corrected chi connectivity index (χ4v) is 1.34. The second-order valence-electron chi connectivity index (χ2n) is 2.82. The minimum atomic E-state index is -0.864. The Morgan fingerprint density at radius 3 is 2.10 bits per heavy atom. The van der Waals surface area contributed by atoms with E-state index in [0.29, 0.717) is 6.42 Å². The molecule has 5 N–H and O–H groups in total. The first-order valence-corrected chi connectivity index (χ1v) is 3.39. The van der Waals surface area contributed by atoms with Gasteiger partial charge in [-0.25, -0.2) is 0 Å². The molecule has 1 fully saturated rings. The molecule has 0 aromatic heterocycles. The molecule has 0 heterocycles. The molecule has 0 amide bonds. The SMILES string of the molecule is N[C@H]1C[C@@H](CO)[C@H](O)[C@@H]1O. The first-order chi connectivity index (χ1) is 4.66. The van der Waals surface area contributed by atoms with Gasteiger partial charge >= 0.3 is 0 Å². The number of rotatable bonds is 1. The van der Waals surface area contributed by atoms with E-state index in [4.69, 9.17) is 21.1 Å².